The van der Waals surface area contributed by atoms with Gasteiger partial charge in [-0.1, -0.05) is 30.3 Å². The molecule has 1 atom stereocenters. The molecule has 1 unspecified atom stereocenters. The lowest BCUT2D eigenvalue weighted by atomic mass is 9.95. The summed E-state index contributed by atoms with van der Waals surface area (Å²) in [6.45, 7) is 1.30. The van der Waals surface area contributed by atoms with Crippen molar-refractivity contribution in [3.05, 3.63) is 59.2 Å². The summed E-state index contributed by atoms with van der Waals surface area (Å²) in [7, 11) is 0. The maximum absolute atomic E-state index is 12.8. The molecule has 0 spiro atoms. The van der Waals surface area contributed by atoms with Crippen molar-refractivity contribution >= 4 is 17.8 Å². The molecule has 0 saturated carbocycles. The lowest BCUT2D eigenvalue weighted by molar-refractivity contribution is -0.129. The summed E-state index contributed by atoms with van der Waals surface area (Å²) >= 11 is 0. The number of amides is 4. The highest BCUT2D eigenvalue weighted by Crippen LogP contribution is 2.32. The summed E-state index contributed by atoms with van der Waals surface area (Å²) in [6, 6.07) is 12.8. The molecule has 5 rings (SSSR count). The maximum atomic E-state index is 12.8. The van der Waals surface area contributed by atoms with Crippen molar-refractivity contribution in [2.45, 2.75) is 38.4 Å². The first-order valence-corrected chi connectivity index (χ1v) is 10.4. The van der Waals surface area contributed by atoms with Gasteiger partial charge in [0.2, 0.25) is 12.7 Å². The lowest BCUT2D eigenvalue weighted by Crippen LogP contribution is -2.39. The van der Waals surface area contributed by atoms with Gasteiger partial charge in [0.05, 0.1) is 0 Å². The molecule has 0 aliphatic carbocycles. The number of fused-ring (bicyclic) bond motifs is 3. The van der Waals surface area contributed by atoms with Gasteiger partial charge in [-0.3, -0.25) is 14.5 Å². The van der Waals surface area contributed by atoms with Crippen molar-refractivity contribution in [1.82, 2.24) is 15.1 Å². The van der Waals surface area contributed by atoms with Crippen LogP contribution in [0, 0.1) is 0 Å². The van der Waals surface area contributed by atoms with E-state index in [1.54, 1.807) is 4.90 Å². The van der Waals surface area contributed by atoms with Gasteiger partial charge < -0.3 is 19.7 Å². The van der Waals surface area contributed by atoms with Crippen LogP contribution in [0.5, 0.6) is 11.5 Å². The molecule has 8 heteroatoms. The number of imide groups is 1. The van der Waals surface area contributed by atoms with E-state index in [0.29, 0.717) is 37.4 Å². The van der Waals surface area contributed by atoms with E-state index in [-0.39, 0.29) is 37.6 Å². The fraction of sp³-hybridized carbons (Fsp3) is 0.348. The first-order valence-electron chi connectivity index (χ1n) is 10.4. The Kier molecular flexibility index (Phi) is 4.97. The smallest absolute Gasteiger partial charge is 0.327 e. The van der Waals surface area contributed by atoms with E-state index in [9.17, 15) is 14.4 Å². The van der Waals surface area contributed by atoms with E-state index in [4.69, 9.17) is 9.47 Å². The number of benzene rings is 2. The van der Waals surface area contributed by atoms with Crippen LogP contribution in [0.15, 0.2) is 42.5 Å². The van der Waals surface area contributed by atoms with Crippen LogP contribution in [0.25, 0.3) is 0 Å². The molecule has 3 aliphatic rings. The predicted octanol–water partition coefficient (Wildman–Crippen LogP) is 2.20. The summed E-state index contributed by atoms with van der Waals surface area (Å²) in [4.78, 5) is 40.7. The second-order valence-electron chi connectivity index (χ2n) is 7.96. The minimum Gasteiger partial charge on any atom is -0.454 e. The monoisotopic (exact) mass is 421 g/mol. The molecule has 2 aromatic carbocycles. The third-order valence-corrected chi connectivity index (χ3v) is 5.99. The minimum absolute atomic E-state index is 0.123. The second kappa shape index (κ2) is 7.94. The molecule has 0 aromatic heterocycles. The molecule has 31 heavy (non-hydrogen) atoms. The van der Waals surface area contributed by atoms with Gasteiger partial charge in [-0.25, -0.2) is 4.79 Å². The largest absolute Gasteiger partial charge is 0.454 e. The van der Waals surface area contributed by atoms with Crippen molar-refractivity contribution in [3.8, 4) is 11.5 Å². The fourth-order valence-electron chi connectivity index (χ4n) is 4.32. The molecule has 1 fully saturated rings. The Morgan fingerprint density at radius 1 is 1.06 bits per heavy atom. The quantitative estimate of drug-likeness (QED) is 0.723. The van der Waals surface area contributed by atoms with Gasteiger partial charge in [0.15, 0.2) is 11.5 Å². The van der Waals surface area contributed by atoms with Gasteiger partial charge in [-0.15, -0.1) is 0 Å². The fourth-order valence-corrected chi connectivity index (χ4v) is 4.32. The van der Waals surface area contributed by atoms with Crippen molar-refractivity contribution in [1.29, 1.82) is 0 Å². The van der Waals surface area contributed by atoms with Gasteiger partial charge >= 0.3 is 6.03 Å². The molecule has 8 nitrogen and oxygen atoms in total. The Morgan fingerprint density at radius 2 is 1.87 bits per heavy atom. The number of nitrogens with one attached hydrogen (secondary N) is 1. The van der Waals surface area contributed by atoms with Crippen molar-refractivity contribution in [3.63, 3.8) is 0 Å². The SMILES string of the molecule is O=C(CCCN1C(=O)C2Cc3ccccc3CN2C1=O)NCc1ccc2c(c1)OCO2. The zero-order valence-corrected chi connectivity index (χ0v) is 17.0. The molecule has 160 valence electrons. The molecule has 4 amide bonds. The van der Waals surface area contributed by atoms with Crippen molar-refractivity contribution in [2.75, 3.05) is 13.3 Å². The van der Waals surface area contributed by atoms with Crippen molar-refractivity contribution in [2.24, 2.45) is 0 Å². The van der Waals surface area contributed by atoms with Crippen LogP contribution < -0.4 is 14.8 Å². The predicted molar refractivity (Wildman–Crippen MR) is 110 cm³/mol. The standard InChI is InChI=1S/C23H23N3O5/c27-21(24-12-15-7-8-19-20(10-15)31-14-30-19)6-3-9-25-22(28)18-11-16-4-1-2-5-17(16)13-26(18)23(25)29/h1-2,4-5,7-8,10,18H,3,6,9,11-14H2,(H,24,27). The van der Waals surface area contributed by atoms with E-state index >= 15 is 0 Å². The lowest BCUT2D eigenvalue weighted by Gasteiger charge is -2.28. The Bertz CT molecular complexity index is 1010. The molecular formula is C23H23N3O5. The highest BCUT2D eigenvalue weighted by molar-refractivity contribution is 6.04. The summed E-state index contributed by atoms with van der Waals surface area (Å²) in [5, 5.41) is 2.87. The molecule has 1 N–H and O–H groups in total. The number of rotatable bonds is 6. The summed E-state index contributed by atoms with van der Waals surface area (Å²) < 4.78 is 10.6. The Hall–Kier alpha value is -3.55. The van der Waals surface area contributed by atoms with Gasteiger partial charge in [-0.05, 0) is 35.2 Å². The van der Waals surface area contributed by atoms with Crippen LogP contribution >= 0.6 is 0 Å². The molecule has 0 radical (unpaired) electrons. The highest BCUT2D eigenvalue weighted by Gasteiger charge is 2.46. The van der Waals surface area contributed by atoms with Gasteiger partial charge in [0, 0.05) is 32.5 Å². The number of carbonyl (C=O) groups is 3. The second-order valence-corrected chi connectivity index (χ2v) is 7.96. The Labute approximate surface area is 179 Å². The van der Waals surface area contributed by atoms with E-state index in [1.165, 1.54) is 4.90 Å². The zero-order valence-electron chi connectivity index (χ0n) is 17.0. The normalized spacial score (nSPS) is 18.8. The number of carbonyl (C=O) groups excluding carboxylic acids is 3. The maximum Gasteiger partial charge on any atom is 0.327 e. The van der Waals surface area contributed by atoms with Crippen LogP contribution in [0.2, 0.25) is 0 Å². The third kappa shape index (κ3) is 3.69. The van der Waals surface area contributed by atoms with Crippen LogP contribution in [0.3, 0.4) is 0 Å². The Balaban J connectivity index is 1.11. The number of urea groups is 1. The highest BCUT2D eigenvalue weighted by atomic mass is 16.7. The van der Waals surface area contributed by atoms with E-state index < -0.39 is 6.04 Å². The Morgan fingerprint density at radius 3 is 2.74 bits per heavy atom. The summed E-state index contributed by atoms with van der Waals surface area (Å²) in [5.41, 5.74) is 3.12. The van der Waals surface area contributed by atoms with Crippen molar-refractivity contribution < 1.29 is 23.9 Å². The number of hydrogen-bond acceptors (Lipinski definition) is 5. The van der Waals surface area contributed by atoms with E-state index in [0.717, 1.165) is 16.7 Å². The molecule has 0 bridgehead atoms. The topological polar surface area (TPSA) is 88.2 Å². The average molecular weight is 421 g/mol. The first-order chi connectivity index (χ1) is 15.1. The molecular weight excluding hydrogens is 398 g/mol. The number of ether oxygens (including phenoxy) is 2. The van der Waals surface area contributed by atoms with E-state index in [1.807, 2.05) is 42.5 Å². The van der Waals surface area contributed by atoms with Crippen LogP contribution in [-0.4, -0.2) is 47.0 Å². The van der Waals surface area contributed by atoms with Gasteiger partial charge in [0.1, 0.15) is 6.04 Å². The number of nitrogens with zero attached hydrogens (tertiary/aromatic N) is 2. The van der Waals surface area contributed by atoms with Crippen LogP contribution in [-0.2, 0) is 29.1 Å². The molecule has 3 aliphatic heterocycles. The summed E-state index contributed by atoms with van der Waals surface area (Å²) in [5.74, 6) is 1.09. The number of hydrogen-bond donors (Lipinski definition) is 1. The molecule has 1 saturated heterocycles. The zero-order chi connectivity index (χ0) is 21.4. The van der Waals surface area contributed by atoms with Crippen LogP contribution in [0.4, 0.5) is 4.79 Å². The minimum atomic E-state index is -0.428. The van der Waals surface area contributed by atoms with E-state index in [2.05, 4.69) is 5.32 Å². The van der Waals surface area contributed by atoms with Crippen LogP contribution in [0.1, 0.15) is 29.5 Å². The molecule has 2 aromatic rings. The summed E-state index contributed by atoms with van der Waals surface area (Å²) in [6.07, 6.45) is 1.22. The first kappa shape index (κ1) is 19.4. The molecule has 3 heterocycles. The third-order valence-electron chi connectivity index (χ3n) is 5.99. The van der Waals surface area contributed by atoms with Gasteiger partial charge in [-0.2, -0.15) is 0 Å². The average Bonchev–Trinajstić information content (AvgIpc) is 3.34. The van der Waals surface area contributed by atoms with Gasteiger partial charge in [0.25, 0.3) is 5.91 Å².